The number of hydrogen-bond donors (Lipinski definition) is 2. The summed E-state index contributed by atoms with van der Waals surface area (Å²) in [6.07, 6.45) is 0. The molecule has 0 aromatic heterocycles. The third-order valence-electron chi connectivity index (χ3n) is 4.57. The van der Waals surface area contributed by atoms with Crippen molar-refractivity contribution in [3.8, 4) is 0 Å². The molecular weight excluding hydrogens is 311 g/mol. The van der Waals surface area contributed by atoms with Crippen LogP contribution in [0, 0.1) is 5.82 Å². The molecule has 2 rings (SSSR count). The molecule has 5 nitrogen and oxygen atoms in total. The minimum Gasteiger partial charge on any atom is -0.503 e. The Kier molecular flexibility index (Phi) is 5.72. The van der Waals surface area contributed by atoms with Gasteiger partial charge in [0, 0.05) is 0 Å². The first kappa shape index (κ1) is 18.1. The molecule has 1 aliphatic rings. The van der Waals surface area contributed by atoms with Crippen LogP contribution in [0.3, 0.4) is 0 Å². The second-order valence-electron chi connectivity index (χ2n) is 5.98. The molecule has 6 heteroatoms. The number of nitrogens with one attached hydrogen (secondary N) is 1. The maximum absolute atomic E-state index is 13.2. The normalized spacial score (nSPS) is 18.0. The van der Waals surface area contributed by atoms with Gasteiger partial charge in [0.25, 0.3) is 5.91 Å². The Balaban J connectivity index is 2.36. The van der Waals surface area contributed by atoms with E-state index in [1.165, 1.54) is 28.9 Å². The van der Waals surface area contributed by atoms with Gasteiger partial charge in [0.2, 0.25) is 0 Å². The van der Waals surface area contributed by atoms with Crippen LogP contribution in [-0.2, 0) is 9.59 Å². The minimum absolute atomic E-state index is 0.0844. The van der Waals surface area contributed by atoms with Crippen molar-refractivity contribution in [1.82, 2.24) is 4.90 Å². The zero-order valence-corrected chi connectivity index (χ0v) is 14.3. The van der Waals surface area contributed by atoms with Gasteiger partial charge in [0.15, 0.2) is 11.5 Å². The highest BCUT2D eigenvalue weighted by Crippen LogP contribution is 2.37. The number of quaternary nitrogens is 1. The molecule has 1 aromatic carbocycles. The monoisotopic (exact) mass is 335 g/mol. The van der Waals surface area contributed by atoms with Crippen molar-refractivity contribution in [2.75, 3.05) is 26.2 Å². The standard InChI is InChI=1S/C18H23FN2O3/c1-4-20(5-2)10-11-21-16(13-6-8-14(19)9-7-13)15(12(3)22)17(23)18(21)24/h6-9,16,23H,4-5,10-11H2,1-3H3/p+1/t16-/m1/s1. The molecule has 1 heterocycles. The van der Waals surface area contributed by atoms with E-state index in [0.717, 1.165) is 19.6 Å². The number of carbonyl (C=O) groups excluding carboxylic acids is 2. The Morgan fingerprint density at radius 1 is 1.25 bits per heavy atom. The molecule has 0 saturated carbocycles. The van der Waals surface area contributed by atoms with E-state index < -0.39 is 17.7 Å². The van der Waals surface area contributed by atoms with E-state index in [0.29, 0.717) is 12.1 Å². The largest absolute Gasteiger partial charge is 0.503 e. The fraction of sp³-hybridized carbons (Fsp3) is 0.444. The van der Waals surface area contributed by atoms with Crippen molar-refractivity contribution in [2.45, 2.75) is 26.8 Å². The highest BCUT2D eigenvalue weighted by Gasteiger charge is 2.42. The zero-order valence-electron chi connectivity index (χ0n) is 14.3. The van der Waals surface area contributed by atoms with Gasteiger partial charge in [-0.1, -0.05) is 12.1 Å². The topological polar surface area (TPSA) is 62.1 Å². The Morgan fingerprint density at radius 3 is 2.33 bits per heavy atom. The Labute approximate surface area is 141 Å². The average molecular weight is 335 g/mol. The van der Waals surface area contributed by atoms with E-state index in [1.54, 1.807) is 12.1 Å². The number of carbonyl (C=O) groups is 2. The van der Waals surface area contributed by atoms with E-state index in [-0.39, 0.29) is 17.2 Å². The van der Waals surface area contributed by atoms with Gasteiger partial charge in [-0.2, -0.15) is 0 Å². The summed E-state index contributed by atoms with van der Waals surface area (Å²) in [4.78, 5) is 27.2. The first-order valence-corrected chi connectivity index (χ1v) is 8.24. The second-order valence-corrected chi connectivity index (χ2v) is 5.98. The lowest BCUT2D eigenvalue weighted by Crippen LogP contribution is -3.12. The lowest BCUT2D eigenvalue weighted by molar-refractivity contribution is -0.895. The van der Waals surface area contributed by atoms with Gasteiger partial charge in [0.05, 0.1) is 37.8 Å². The van der Waals surface area contributed by atoms with Crippen molar-refractivity contribution in [3.63, 3.8) is 0 Å². The van der Waals surface area contributed by atoms with E-state index in [2.05, 4.69) is 13.8 Å². The molecule has 1 atom stereocenters. The number of hydrogen-bond acceptors (Lipinski definition) is 3. The van der Waals surface area contributed by atoms with Crippen molar-refractivity contribution >= 4 is 11.7 Å². The van der Waals surface area contributed by atoms with Gasteiger partial charge in [-0.25, -0.2) is 4.39 Å². The molecule has 0 radical (unpaired) electrons. The molecule has 2 N–H and O–H groups in total. The SMILES string of the molecule is CC[NH+](CC)CCN1C(=O)C(O)=C(C(C)=O)[C@H]1c1ccc(F)cc1. The molecule has 24 heavy (non-hydrogen) atoms. The van der Waals surface area contributed by atoms with Crippen LogP contribution in [0.5, 0.6) is 0 Å². The molecule has 130 valence electrons. The molecule has 1 amide bonds. The number of rotatable bonds is 7. The van der Waals surface area contributed by atoms with Crippen LogP contribution in [0.2, 0.25) is 0 Å². The number of Topliss-reactive ketones (excluding diaryl/α,β-unsaturated/α-hetero) is 1. The summed E-state index contributed by atoms with van der Waals surface area (Å²) in [5.41, 5.74) is 0.703. The molecule has 0 saturated heterocycles. The number of benzene rings is 1. The first-order chi connectivity index (χ1) is 11.4. The van der Waals surface area contributed by atoms with Gasteiger partial charge in [0.1, 0.15) is 5.82 Å². The molecule has 1 aromatic rings. The maximum Gasteiger partial charge on any atom is 0.290 e. The third kappa shape index (κ3) is 3.48. The Bertz CT molecular complexity index is 651. The number of nitrogens with zero attached hydrogens (tertiary/aromatic N) is 1. The summed E-state index contributed by atoms with van der Waals surface area (Å²) in [7, 11) is 0. The van der Waals surface area contributed by atoms with Gasteiger partial charge in [-0.3, -0.25) is 9.59 Å². The summed E-state index contributed by atoms with van der Waals surface area (Å²) in [5.74, 6) is -1.78. The number of amides is 1. The number of ketones is 1. The van der Waals surface area contributed by atoms with E-state index in [1.807, 2.05) is 0 Å². The van der Waals surface area contributed by atoms with Crippen molar-refractivity contribution in [3.05, 3.63) is 47.0 Å². The lowest BCUT2D eigenvalue weighted by atomic mass is 9.97. The van der Waals surface area contributed by atoms with Crippen LogP contribution in [-0.4, -0.2) is 47.9 Å². The quantitative estimate of drug-likeness (QED) is 0.782. The number of halogens is 1. The molecule has 0 spiro atoms. The van der Waals surface area contributed by atoms with E-state index in [9.17, 15) is 19.1 Å². The highest BCUT2D eigenvalue weighted by atomic mass is 19.1. The summed E-state index contributed by atoms with van der Waals surface area (Å²) in [5, 5.41) is 10.2. The predicted molar refractivity (Wildman–Crippen MR) is 88.1 cm³/mol. The number of aliphatic hydroxyl groups excluding tert-OH is 1. The second kappa shape index (κ2) is 7.57. The Hall–Kier alpha value is -2.21. The van der Waals surface area contributed by atoms with Crippen LogP contribution in [0.4, 0.5) is 4.39 Å². The van der Waals surface area contributed by atoms with Crippen LogP contribution >= 0.6 is 0 Å². The number of aliphatic hydroxyl groups is 1. The first-order valence-electron chi connectivity index (χ1n) is 8.24. The van der Waals surface area contributed by atoms with Gasteiger partial charge >= 0.3 is 0 Å². The fourth-order valence-electron chi connectivity index (χ4n) is 3.12. The zero-order chi connectivity index (χ0) is 17.9. The molecule has 0 fully saturated rings. The van der Waals surface area contributed by atoms with Crippen molar-refractivity contribution in [1.29, 1.82) is 0 Å². The summed E-state index contributed by atoms with van der Waals surface area (Å²) >= 11 is 0. The Morgan fingerprint density at radius 2 is 1.83 bits per heavy atom. The van der Waals surface area contributed by atoms with Crippen LogP contribution in [0.1, 0.15) is 32.4 Å². The van der Waals surface area contributed by atoms with Gasteiger partial charge in [-0.05, 0) is 38.5 Å². The molecule has 0 aliphatic carbocycles. The van der Waals surface area contributed by atoms with Crippen molar-refractivity contribution < 1.29 is 24.0 Å². The van der Waals surface area contributed by atoms with Crippen molar-refractivity contribution in [2.24, 2.45) is 0 Å². The molecule has 0 bridgehead atoms. The summed E-state index contributed by atoms with van der Waals surface area (Å²) < 4.78 is 13.2. The van der Waals surface area contributed by atoms with E-state index >= 15 is 0 Å². The van der Waals surface area contributed by atoms with Crippen LogP contribution < -0.4 is 4.90 Å². The molecule has 1 aliphatic heterocycles. The molecule has 0 unspecified atom stereocenters. The summed E-state index contributed by atoms with van der Waals surface area (Å²) in [6.45, 7) is 8.46. The third-order valence-corrected chi connectivity index (χ3v) is 4.57. The fourth-order valence-corrected chi connectivity index (χ4v) is 3.12. The lowest BCUT2D eigenvalue weighted by Gasteiger charge is -2.28. The van der Waals surface area contributed by atoms with E-state index in [4.69, 9.17) is 0 Å². The van der Waals surface area contributed by atoms with Crippen LogP contribution in [0.25, 0.3) is 0 Å². The number of likely N-dealkylation sites (N-methyl/N-ethyl adjacent to an activating group) is 1. The maximum atomic E-state index is 13.2. The minimum atomic E-state index is -0.662. The molecular formula is C18H24FN2O3+. The smallest absolute Gasteiger partial charge is 0.290 e. The highest BCUT2D eigenvalue weighted by molar-refractivity contribution is 6.08. The van der Waals surface area contributed by atoms with Crippen LogP contribution in [0.15, 0.2) is 35.6 Å². The predicted octanol–water partition coefficient (Wildman–Crippen LogP) is 1.03. The summed E-state index contributed by atoms with van der Waals surface area (Å²) in [6, 6.07) is 5.02. The van der Waals surface area contributed by atoms with Gasteiger partial charge < -0.3 is 14.9 Å². The van der Waals surface area contributed by atoms with Gasteiger partial charge in [-0.15, -0.1) is 0 Å². The average Bonchev–Trinajstić information content (AvgIpc) is 2.81.